The molecule has 6 nitrogen and oxygen atoms in total. The zero-order valence-electron chi connectivity index (χ0n) is 16.0. The molecule has 2 rings (SSSR count). The zero-order chi connectivity index (χ0) is 18.9. The minimum atomic E-state index is -0.665. The van der Waals surface area contributed by atoms with E-state index in [4.69, 9.17) is 9.72 Å². The smallest absolute Gasteiger partial charge is 0.329 e. The summed E-state index contributed by atoms with van der Waals surface area (Å²) in [4.78, 5) is 34.3. The number of carbonyl (C=O) groups is 1. The van der Waals surface area contributed by atoms with Crippen molar-refractivity contribution >= 4 is 27.5 Å². The van der Waals surface area contributed by atoms with E-state index in [2.05, 4.69) is 0 Å². The molecule has 0 spiro atoms. The van der Waals surface area contributed by atoms with Crippen LogP contribution in [0.3, 0.4) is 0 Å². The van der Waals surface area contributed by atoms with Gasteiger partial charge in [-0.25, -0.2) is 9.78 Å². The number of thiophene rings is 1. The molecule has 0 saturated carbocycles. The molecule has 2 aromatic heterocycles. The number of ether oxygens (including phenoxy) is 1. The van der Waals surface area contributed by atoms with Crippen LogP contribution >= 0.6 is 11.3 Å². The fourth-order valence-electron chi connectivity index (χ4n) is 2.83. The Morgan fingerprint density at radius 3 is 2.48 bits per heavy atom. The minimum Gasteiger partial charge on any atom is -0.461 e. The number of rotatable bonds is 6. The lowest BCUT2D eigenvalue weighted by molar-refractivity contribution is -0.151. The van der Waals surface area contributed by atoms with Crippen molar-refractivity contribution in [2.45, 2.75) is 59.7 Å². The number of hydrogen-bond donors (Lipinski definition) is 0. The normalized spacial score (nSPS) is 13.0. The van der Waals surface area contributed by atoms with Gasteiger partial charge in [-0.3, -0.25) is 9.36 Å². The zero-order valence-corrected chi connectivity index (χ0v) is 16.9. The summed E-state index contributed by atoms with van der Waals surface area (Å²) in [6.07, 6.45) is 0.248. The van der Waals surface area contributed by atoms with E-state index in [1.807, 2.05) is 53.6 Å². The highest BCUT2D eigenvalue weighted by atomic mass is 32.1. The van der Waals surface area contributed by atoms with Crippen molar-refractivity contribution in [2.75, 3.05) is 14.1 Å². The molecule has 0 aliphatic rings. The standard InChI is InChI=1S/C18H27N3O3S/c1-8-13(18(23)24-10(2)3)21-14(9-20(6)7)19-16-15(17(21)22)11(4)12(5)25-16/h10,13H,8-9H2,1-7H3. The van der Waals surface area contributed by atoms with Crippen molar-refractivity contribution in [1.82, 2.24) is 14.5 Å². The van der Waals surface area contributed by atoms with Crippen LogP contribution in [-0.2, 0) is 16.1 Å². The van der Waals surface area contributed by atoms with Gasteiger partial charge in [0.2, 0.25) is 0 Å². The third kappa shape index (κ3) is 3.93. The van der Waals surface area contributed by atoms with Crippen molar-refractivity contribution in [3.8, 4) is 0 Å². The van der Waals surface area contributed by atoms with Crippen molar-refractivity contribution in [1.29, 1.82) is 0 Å². The maximum absolute atomic E-state index is 13.3. The lowest BCUT2D eigenvalue weighted by atomic mass is 10.1. The van der Waals surface area contributed by atoms with Gasteiger partial charge in [-0.2, -0.15) is 0 Å². The highest BCUT2D eigenvalue weighted by Crippen LogP contribution is 2.28. The Morgan fingerprint density at radius 2 is 1.96 bits per heavy atom. The Labute approximate surface area is 152 Å². The quantitative estimate of drug-likeness (QED) is 0.736. The second-order valence-electron chi connectivity index (χ2n) is 6.81. The summed E-state index contributed by atoms with van der Waals surface area (Å²) in [7, 11) is 3.83. The van der Waals surface area contributed by atoms with E-state index in [1.54, 1.807) is 0 Å². The molecule has 0 aromatic carbocycles. The third-order valence-electron chi connectivity index (χ3n) is 4.09. The van der Waals surface area contributed by atoms with Gasteiger partial charge in [-0.15, -0.1) is 11.3 Å². The van der Waals surface area contributed by atoms with E-state index < -0.39 is 6.04 Å². The Bertz CT molecular complexity index is 836. The Morgan fingerprint density at radius 1 is 1.32 bits per heavy atom. The number of carbonyl (C=O) groups excluding carboxylic acids is 1. The Kier molecular flexibility index (Phi) is 6.00. The summed E-state index contributed by atoms with van der Waals surface area (Å²) in [6, 6.07) is -0.665. The van der Waals surface area contributed by atoms with Crippen LogP contribution < -0.4 is 5.56 Å². The number of nitrogens with zero attached hydrogens (tertiary/aromatic N) is 3. The Hall–Kier alpha value is -1.73. The molecule has 25 heavy (non-hydrogen) atoms. The summed E-state index contributed by atoms with van der Waals surface area (Å²) >= 11 is 1.52. The van der Waals surface area contributed by atoms with Crippen LogP contribution in [0.5, 0.6) is 0 Å². The molecule has 2 aromatic rings. The van der Waals surface area contributed by atoms with Gasteiger partial charge in [0.05, 0.1) is 18.0 Å². The molecule has 0 bridgehead atoms. The van der Waals surface area contributed by atoms with Gasteiger partial charge in [-0.1, -0.05) is 6.92 Å². The van der Waals surface area contributed by atoms with Gasteiger partial charge in [0, 0.05) is 4.88 Å². The molecule has 1 atom stereocenters. The molecule has 138 valence electrons. The molecule has 1 unspecified atom stereocenters. The summed E-state index contributed by atoms with van der Waals surface area (Å²) in [5, 5.41) is 0.612. The van der Waals surface area contributed by atoms with Gasteiger partial charge < -0.3 is 9.64 Å². The first-order valence-electron chi connectivity index (χ1n) is 8.53. The third-order valence-corrected chi connectivity index (χ3v) is 5.19. The second kappa shape index (κ2) is 7.66. The lowest BCUT2D eigenvalue weighted by Crippen LogP contribution is -2.36. The number of hydrogen-bond acceptors (Lipinski definition) is 6. The largest absolute Gasteiger partial charge is 0.461 e. The van der Waals surface area contributed by atoms with Crippen LogP contribution in [-0.4, -0.2) is 40.6 Å². The number of fused-ring (bicyclic) bond motifs is 1. The van der Waals surface area contributed by atoms with Gasteiger partial charge in [-0.05, 0) is 53.8 Å². The predicted molar refractivity (Wildman–Crippen MR) is 101 cm³/mol. The highest BCUT2D eigenvalue weighted by molar-refractivity contribution is 7.18. The van der Waals surface area contributed by atoms with Crippen molar-refractivity contribution in [3.05, 3.63) is 26.6 Å². The topological polar surface area (TPSA) is 64.4 Å². The summed E-state index contributed by atoms with van der Waals surface area (Å²) in [5.74, 6) is 0.210. The van der Waals surface area contributed by atoms with Crippen LogP contribution in [0.25, 0.3) is 10.2 Å². The van der Waals surface area contributed by atoms with E-state index in [-0.39, 0.29) is 17.6 Å². The first-order valence-corrected chi connectivity index (χ1v) is 9.35. The van der Waals surface area contributed by atoms with Gasteiger partial charge in [0.1, 0.15) is 16.7 Å². The molecule has 0 N–H and O–H groups in total. The average Bonchev–Trinajstić information content (AvgIpc) is 2.76. The lowest BCUT2D eigenvalue weighted by Gasteiger charge is -2.23. The van der Waals surface area contributed by atoms with Crippen LogP contribution in [0.4, 0.5) is 0 Å². The summed E-state index contributed by atoms with van der Waals surface area (Å²) in [5.41, 5.74) is 0.783. The maximum Gasteiger partial charge on any atom is 0.329 e. The molecule has 0 aliphatic heterocycles. The van der Waals surface area contributed by atoms with Crippen LogP contribution in [0.2, 0.25) is 0 Å². The highest BCUT2D eigenvalue weighted by Gasteiger charge is 2.27. The van der Waals surface area contributed by atoms with Crippen molar-refractivity contribution < 1.29 is 9.53 Å². The molecule has 2 heterocycles. The first-order chi connectivity index (χ1) is 11.7. The van der Waals surface area contributed by atoms with Gasteiger partial charge in [0.25, 0.3) is 5.56 Å². The molecule has 0 aliphatic carbocycles. The van der Waals surface area contributed by atoms with Crippen molar-refractivity contribution in [3.63, 3.8) is 0 Å². The van der Waals surface area contributed by atoms with Crippen molar-refractivity contribution in [2.24, 2.45) is 0 Å². The molecule has 0 amide bonds. The first kappa shape index (κ1) is 19.6. The van der Waals surface area contributed by atoms with Gasteiger partial charge >= 0.3 is 5.97 Å². The number of esters is 1. The van der Waals surface area contributed by atoms with E-state index in [0.29, 0.717) is 24.2 Å². The summed E-state index contributed by atoms with van der Waals surface area (Å²) < 4.78 is 6.92. The Balaban J connectivity index is 2.73. The van der Waals surface area contributed by atoms with E-state index in [1.165, 1.54) is 15.9 Å². The monoisotopic (exact) mass is 365 g/mol. The average molecular weight is 365 g/mol. The van der Waals surface area contributed by atoms with E-state index in [0.717, 1.165) is 15.3 Å². The predicted octanol–water partition coefficient (Wildman–Crippen LogP) is 3.04. The fraction of sp³-hybridized carbons (Fsp3) is 0.611. The fourth-order valence-corrected chi connectivity index (χ4v) is 3.87. The molecular weight excluding hydrogens is 338 g/mol. The molecule has 0 fully saturated rings. The number of aromatic nitrogens is 2. The summed E-state index contributed by atoms with van der Waals surface area (Å²) in [6.45, 7) is 9.90. The van der Waals surface area contributed by atoms with Gasteiger partial charge in [0.15, 0.2) is 0 Å². The molecule has 7 heteroatoms. The second-order valence-corrected chi connectivity index (χ2v) is 8.02. The SMILES string of the molecule is CCC(C(=O)OC(C)C)n1c(CN(C)C)nc2sc(C)c(C)c2c1=O. The molecule has 0 radical (unpaired) electrons. The molecule has 0 saturated heterocycles. The van der Waals surface area contributed by atoms with Crippen LogP contribution in [0, 0.1) is 13.8 Å². The van der Waals surface area contributed by atoms with E-state index >= 15 is 0 Å². The van der Waals surface area contributed by atoms with E-state index in [9.17, 15) is 9.59 Å². The maximum atomic E-state index is 13.3. The minimum absolute atomic E-state index is 0.156. The molecular formula is C18H27N3O3S. The van der Waals surface area contributed by atoms with Crippen LogP contribution in [0.1, 0.15) is 49.5 Å². The number of aryl methyl sites for hydroxylation is 2. The van der Waals surface area contributed by atoms with Crippen LogP contribution in [0.15, 0.2) is 4.79 Å².